The minimum absolute atomic E-state index is 0.108. The van der Waals surface area contributed by atoms with Gasteiger partial charge >= 0.3 is 5.97 Å². The van der Waals surface area contributed by atoms with E-state index in [1.807, 2.05) is 12.1 Å². The fraction of sp³-hybridized carbons (Fsp3) is 0.385. The quantitative estimate of drug-likeness (QED) is 0.851. The molecule has 2 rings (SSSR count). The van der Waals surface area contributed by atoms with Gasteiger partial charge in [0.25, 0.3) is 0 Å². The molecular weight excluding hydrogens is 216 g/mol. The number of aromatic amines is 1. The Bertz CT molecular complexity index is 543. The molecule has 2 N–H and O–H groups in total. The van der Waals surface area contributed by atoms with Gasteiger partial charge in [-0.05, 0) is 17.5 Å². The predicted molar refractivity (Wildman–Crippen MR) is 66.1 cm³/mol. The van der Waals surface area contributed by atoms with Crippen molar-refractivity contribution in [3.63, 3.8) is 0 Å². The summed E-state index contributed by atoms with van der Waals surface area (Å²) in [7, 11) is 0. The van der Waals surface area contributed by atoms with Gasteiger partial charge in [-0.3, -0.25) is 4.79 Å². The molecule has 0 aliphatic carbocycles. The molecule has 1 aromatic heterocycles. The number of benzene rings is 1. The van der Waals surface area contributed by atoms with Crippen molar-refractivity contribution < 1.29 is 9.90 Å². The summed E-state index contributed by atoms with van der Waals surface area (Å²) in [4.78, 5) is 18.2. The molecule has 90 valence electrons. The third-order valence-corrected chi connectivity index (χ3v) is 2.79. The molecule has 0 saturated carbocycles. The molecule has 4 heteroatoms. The van der Waals surface area contributed by atoms with E-state index < -0.39 is 5.97 Å². The Kier molecular flexibility index (Phi) is 3.13. The number of aliphatic carboxylic acids is 1. The summed E-state index contributed by atoms with van der Waals surface area (Å²) >= 11 is 0. The van der Waals surface area contributed by atoms with Crippen LogP contribution in [0, 0.1) is 0 Å². The van der Waals surface area contributed by atoms with Gasteiger partial charge in [-0.1, -0.05) is 26.0 Å². The van der Waals surface area contributed by atoms with Gasteiger partial charge in [0.15, 0.2) is 0 Å². The molecule has 4 nitrogen and oxygen atoms in total. The summed E-state index contributed by atoms with van der Waals surface area (Å²) in [5, 5.41) is 8.65. The number of hydrogen-bond donors (Lipinski definition) is 2. The van der Waals surface area contributed by atoms with Gasteiger partial charge in [0, 0.05) is 6.42 Å². The molecule has 0 aliphatic rings. The number of aryl methyl sites for hydroxylation is 1. The van der Waals surface area contributed by atoms with Crippen molar-refractivity contribution in [1.82, 2.24) is 9.97 Å². The van der Waals surface area contributed by atoms with Gasteiger partial charge in [-0.25, -0.2) is 4.98 Å². The maximum atomic E-state index is 10.5. The third kappa shape index (κ3) is 2.46. The minimum atomic E-state index is -0.797. The summed E-state index contributed by atoms with van der Waals surface area (Å²) < 4.78 is 0. The molecule has 0 aliphatic heterocycles. The maximum absolute atomic E-state index is 10.5. The van der Waals surface area contributed by atoms with Gasteiger partial charge in [-0.2, -0.15) is 0 Å². The van der Waals surface area contributed by atoms with Gasteiger partial charge < -0.3 is 10.1 Å². The Hall–Kier alpha value is -1.84. The first-order valence-corrected chi connectivity index (χ1v) is 5.77. The van der Waals surface area contributed by atoms with E-state index >= 15 is 0 Å². The molecule has 0 unspecified atom stereocenters. The molecule has 0 fully saturated rings. The first-order valence-electron chi connectivity index (χ1n) is 5.77. The normalized spacial score (nSPS) is 11.2. The maximum Gasteiger partial charge on any atom is 0.303 e. The fourth-order valence-electron chi connectivity index (χ4n) is 1.92. The monoisotopic (exact) mass is 232 g/mol. The van der Waals surface area contributed by atoms with Crippen LogP contribution in [-0.4, -0.2) is 21.0 Å². The zero-order valence-electron chi connectivity index (χ0n) is 10.0. The first kappa shape index (κ1) is 11.6. The first-order chi connectivity index (χ1) is 8.08. The molecule has 0 bridgehead atoms. The SMILES string of the molecule is CC(C)c1cccc2[nH]c(CCC(=O)O)nc12. The number of carboxylic acids is 1. The average Bonchev–Trinajstić information content (AvgIpc) is 2.68. The third-order valence-electron chi connectivity index (χ3n) is 2.79. The molecule has 0 atom stereocenters. The van der Waals surface area contributed by atoms with E-state index in [-0.39, 0.29) is 6.42 Å². The summed E-state index contributed by atoms with van der Waals surface area (Å²) in [6.45, 7) is 4.25. The molecule has 0 amide bonds. The molecule has 2 aromatic rings. The molecule has 0 spiro atoms. The Morgan fingerprint density at radius 1 is 1.47 bits per heavy atom. The van der Waals surface area contributed by atoms with E-state index in [0.29, 0.717) is 12.3 Å². The highest BCUT2D eigenvalue weighted by atomic mass is 16.4. The second-order valence-corrected chi connectivity index (χ2v) is 4.48. The van der Waals surface area contributed by atoms with Crippen LogP contribution in [0.5, 0.6) is 0 Å². The number of imidazole rings is 1. The number of hydrogen-bond acceptors (Lipinski definition) is 2. The van der Waals surface area contributed by atoms with Crippen molar-refractivity contribution >= 4 is 17.0 Å². The van der Waals surface area contributed by atoms with Crippen LogP contribution < -0.4 is 0 Å². The van der Waals surface area contributed by atoms with E-state index in [1.165, 1.54) is 5.56 Å². The second-order valence-electron chi connectivity index (χ2n) is 4.48. The highest BCUT2D eigenvalue weighted by molar-refractivity contribution is 5.79. The van der Waals surface area contributed by atoms with Crippen LogP contribution in [-0.2, 0) is 11.2 Å². The molecule has 1 heterocycles. The second kappa shape index (κ2) is 4.57. The van der Waals surface area contributed by atoms with Gasteiger partial charge in [-0.15, -0.1) is 0 Å². The van der Waals surface area contributed by atoms with Crippen LogP contribution in [0.3, 0.4) is 0 Å². The number of nitrogens with zero attached hydrogens (tertiary/aromatic N) is 1. The van der Waals surface area contributed by atoms with Gasteiger partial charge in [0.2, 0.25) is 0 Å². The van der Waals surface area contributed by atoms with Crippen LogP contribution in [0.1, 0.15) is 37.6 Å². The average molecular weight is 232 g/mol. The standard InChI is InChI=1S/C13H16N2O2/c1-8(2)9-4-3-5-10-13(9)15-11(14-10)6-7-12(16)17/h3-5,8H,6-7H2,1-2H3,(H,14,15)(H,16,17). The number of para-hydroxylation sites is 1. The van der Waals surface area contributed by atoms with Crippen LogP contribution in [0.4, 0.5) is 0 Å². The summed E-state index contributed by atoms with van der Waals surface area (Å²) in [5.74, 6) is 0.361. The smallest absolute Gasteiger partial charge is 0.303 e. The molecule has 0 radical (unpaired) electrons. The van der Waals surface area contributed by atoms with Crippen LogP contribution in [0.15, 0.2) is 18.2 Å². The van der Waals surface area contributed by atoms with Crippen LogP contribution in [0.2, 0.25) is 0 Å². The van der Waals surface area contributed by atoms with Gasteiger partial charge in [0.05, 0.1) is 17.5 Å². The lowest BCUT2D eigenvalue weighted by atomic mass is 10.0. The lowest BCUT2D eigenvalue weighted by molar-refractivity contribution is -0.137. The Balaban J connectivity index is 2.36. The van der Waals surface area contributed by atoms with Gasteiger partial charge in [0.1, 0.15) is 5.82 Å². The van der Waals surface area contributed by atoms with Crippen molar-refractivity contribution in [3.05, 3.63) is 29.6 Å². The molecule has 1 aromatic carbocycles. The van der Waals surface area contributed by atoms with Crippen LogP contribution in [0.25, 0.3) is 11.0 Å². The summed E-state index contributed by atoms with van der Waals surface area (Å²) in [6, 6.07) is 6.03. The Morgan fingerprint density at radius 3 is 2.88 bits per heavy atom. The number of fused-ring (bicyclic) bond motifs is 1. The number of nitrogens with one attached hydrogen (secondary N) is 1. The number of carbonyl (C=O) groups is 1. The van der Waals surface area contributed by atoms with Crippen molar-refractivity contribution in [2.24, 2.45) is 0 Å². The van der Waals surface area contributed by atoms with E-state index in [0.717, 1.165) is 16.9 Å². The highest BCUT2D eigenvalue weighted by Crippen LogP contribution is 2.23. The van der Waals surface area contributed by atoms with E-state index in [4.69, 9.17) is 5.11 Å². The van der Waals surface area contributed by atoms with E-state index in [2.05, 4.69) is 29.9 Å². The minimum Gasteiger partial charge on any atom is -0.481 e. The summed E-state index contributed by atoms with van der Waals surface area (Å²) in [5.41, 5.74) is 3.14. The number of aromatic nitrogens is 2. The van der Waals surface area contributed by atoms with E-state index in [1.54, 1.807) is 0 Å². The number of H-pyrrole nitrogens is 1. The van der Waals surface area contributed by atoms with E-state index in [9.17, 15) is 4.79 Å². The zero-order valence-corrected chi connectivity index (χ0v) is 10.0. The zero-order chi connectivity index (χ0) is 12.4. The number of rotatable bonds is 4. The Morgan fingerprint density at radius 2 is 2.24 bits per heavy atom. The molecule has 0 saturated heterocycles. The molecule has 17 heavy (non-hydrogen) atoms. The Labute approximate surface area is 99.7 Å². The number of carboxylic acid groups (broad SMARTS) is 1. The lowest BCUT2D eigenvalue weighted by Gasteiger charge is -2.04. The van der Waals surface area contributed by atoms with Crippen molar-refractivity contribution in [1.29, 1.82) is 0 Å². The predicted octanol–water partition coefficient (Wildman–Crippen LogP) is 2.70. The fourth-order valence-corrected chi connectivity index (χ4v) is 1.92. The summed E-state index contributed by atoms with van der Waals surface area (Å²) in [6.07, 6.45) is 0.554. The van der Waals surface area contributed by atoms with Crippen molar-refractivity contribution in [3.8, 4) is 0 Å². The topological polar surface area (TPSA) is 66.0 Å². The molecular formula is C13H16N2O2. The van der Waals surface area contributed by atoms with Crippen molar-refractivity contribution in [2.75, 3.05) is 0 Å². The van der Waals surface area contributed by atoms with Crippen LogP contribution >= 0.6 is 0 Å². The largest absolute Gasteiger partial charge is 0.481 e. The lowest BCUT2D eigenvalue weighted by Crippen LogP contribution is -1.98. The van der Waals surface area contributed by atoms with Crippen molar-refractivity contribution in [2.45, 2.75) is 32.6 Å². The highest BCUT2D eigenvalue weighted by Gasteiger charge is 2.10.